The minimum absolute atomic E-state index is 0.306. The van der Waals surface area contributed by atoms with Crippen LogP contribution in [0.2, 0.25) is 5.02 Å². The van der Waals surface area contributed by atoms with Gasteiger partial charge < -0.3 is 10.4 Å². The lowest BCUT2D eigenvalue weighted by Crippen LogP contribution is -2.23. The zero-order chi connectivity index (χ0) is 9.68. The van der Waals surface area contributed by atoms with Gasteiger partial charge in [-0.25, -0.2) is 0 Å². The zero-order valence-electron chi connectivity index (χ0n) is 7.63. The quantitative estimate of drug-likeness (QED) is 0.776. The van der Waals surface area contributed by atoms with Gasteiger partial charge >= 0.3 is 0 Å². The van der Waals surface area contributed by atoms with E-state index in [9.17, 15) is 0 Å². The molecule has 0 aliphatic heterocycles. The lowest BCUT2D eigenvalue weighted by Gasteiger charge is -2.06. The van der Waals surface area contributed by atoms with Crippen molar-refractivity contribution in [2.75, 3.05) is 6.54 Å². The molecule has 0 saturated carbocycles. The van der Waals surface area contributed by atoms with Crippen molar-refractivity contribution in [3.05, 3.63) is 34.9 Å². The van der Waals surface area contributed by atoms with Crippen molar-refractivity contribution in [3.8, 4) is 0 Å². The van der Waals surface area contributed by atoms with E-state index >= 15 is 0 Å². The largest absolute Gasteiger partial charge is 0.392 e. The van der Waals surface area contributed by atoms with Crippen LogP contribution in [0.3, 0.4) is 0 Å². The third kappa shape index (κ3) is 4.27. The molecule has 0 radical (unpaired) electrons. The maximum absolute atomic E-state index is 9.00. The molecule has 2 N–H and O–H groups in total. The third-order valence-corrected chi connectivity index (χ3v) is 1.89. The van der Waals surface area contributed by atoms with Gasteiger partial charge in [0.2, 0.25) is 0 Å². The van der Waals surface area contributed by atoms with Crippen LogP contribution in [0.25, 0.3) is 0 Å². The van der Waals surface area contributed by atoms with Crippen LogP contribution < -0.4 is 5.32 Å². The Balaban J connectivity index is 2.37. The Morgan fingerprint density at radius 2 is 2.31 bits per heavy atom. The van der Waals surface area contributed by atoms with Crippen molar-refractivity contribution in [1.82, 2.24) is 5.32 Å². The third-order valence-electron chi connectivity index (χ3n) is 1.66. The molecule has 1 aromatic carbocycles. The van der Waals surface area contributed by atoms with Crippen LogP contribution in [-0.4, -0.2) is 17.8 Å². The summed E-state index contributed by atoms with van der Waals surface area (Å²) in [6, 6.07) is 7.68. The van der Waals surface area contributed by atoms with Crippen LogP contribution in [0, 0.1) is 0 Å². The van der Waals surface area contributed by atoms with Crippen LogP contribution in [0.5, 0.6) is 0 Å². The van der Waals surface area contributed by atoms with Crippen molar-refractivity contribution >= 4 is 11.6 Å². The van der Waals surface area contributed by atoms with E-state index in [1.165, 1.54) is 0 Å². The molecule has 2 nitrogen and oxygen atoms in total. The molecule has 0 aromatic heterocycles. The van der Waals surface area contributed by atoms with Crippen molar-refractivity contribution < 1.29 is 5.11 Å². The minimum atomic E-state index is -0.306. The van der Waals surface area contributed by atoms with E-state index in [-0.39, 0.29) is 6.10 Å². The summed E-state index contributed by atoms with van der Waals surface area (Å²) in [6.45, 7) is 3.10. The Kier molecular flexibility index (Phi) is 4.22. The minimum Gasteiger partial charge on any atom is -0.392 e. The highest BCUT2D eigenvalue weighted by molar-refractivity contribution is 6.30. The fourth-order valence-electron chi connectivity index (χ4n) is 1.07. The van der Waals surface area contributed by atoms with E-state index < -0.39 is 0 Å². The first kappa shape index (κ1) is 10.5. The Morgan fingerprint density at radius 3 is 2.92 bits per heavy atom. The van der Waals surface area contributed by atoms with Gasteiger partial charge in [0.1, 0.15) is 0 Å². The Morgan fingerprint density at radius 1 is 1.54 bits per heavy atom. The standard InChI is InChI=1S/C10H14ClNO/c1-8(13)6-12-7-9-3-2-4-10(11)5-9/h2-5,8,12-13H,6-7H2,1H3. The highest BCUT2D eigenvalue weighted by Crippen LogP contribution is 2.09. The number of hydrogen-bond acceptors (Lipinski definition) is 2. The number of halogens is 1. The van der Waals surface area contributed by atoms with Crippen molar-refractivity contribution in [2.45, 2.75) is 19.6 Å². The van der Waals surface area contributed by atoms with Gasteiger partial charge in [-0.15, -0.1) is 0 Å². The molecule has 0 heterocycles. The average Bonchev–Trinajstić information content (AvgIpc) is 2.03. The molecule has 1 atom stereocenters. The summed E-state index contributed by atoms with van der Waals surface area (Å²) >= 11 is 5.81. The van der Waals surface area contributed by atoms with Gasteiger partial charge in [0, 0.05) is 18.1 Å². The summed E-state index contributed by atoms with van der Waals surface area (Å²) in [7, 11) is 0. The molecule has 1 aromatic rings. The fourth-order valence-corrected chi connectivity index (χ4v) is 1.29. The number of aliphatic hydroxyl groups excluding tert-OH is 1. The van der Waals surface area contributed by atoms with Crippen molar-refractivity contribution in [3.63, 3.8) is 0 Å². The summed E-state index contributed by atoms with van der Waals surface area (Å²) in [4.78, 5) is 0. The second-order valence-corrected chi connectivity index (χ2v) is 3.55. The summed E-state index contributed by atoms with van der Waals surface area (Å²) in [5, 5.41) is 12.9. The predicted octanol–water partition coefficient (Wildman–Crippen LogP) is 1.81. The van der Waals surface area contributed by atoms with Crippen molar-refractivity contribution in [2.24, 2.45) is 0 Å². The van der Waals surface area contributed by atoms with Crippen molar-refractivity contribution in [1.29, 1.82) is 0 Å². The molecule has 0 aliphatic rings. The SMILES string of the molecule is CC(O)CNCc1cccc(Cl)c1. The number of hydrogen-bond donors (Lipinski definition) is 2. The molecule has 72 valence electrons. The lowest BCUT2D eigenvalue weighted by atomic mass is 10.2. The summed E-state index contributed by atoms with van der Waals surface area (Å²) in [5.74, 6) is 0. The zero-order valence-corrected chi connectivity index (χ0v) is 8.38. The first-order chi connectivity index (χ1) is 6.18. The Hall–Kier alpha value is -0.570. The van der Waals surface area contributed by atoms with E-state index in [2.05, 4.69) is 5.32 Å². The second kappa shape index (κ2) is 5.22. The highest BCUT2D eigenvalue weighted by Gasteiger charge is 1.96. The molecule has 0 aliphatic carbocycles. The molecule has 0 fully saturated rings. The van der Waals surface area contributed by atoms with Gasteiger partial charge in [0.15, 0.2) is 0 Å². The molecule has 1 rings (SSSR count). The molecular weight excluding hydrogens is 186 g/mol. The van der Waals surface area contributed by atoms with Gasteiger partial charge in [0.25, 0.3) is 0 Å². The molecule has 0 bridgehead atoms. The number of nitrogens with one attached hydrogen (secondary N) is 1. The number of aliphatic hydroxyl groups is 1. The summed E-state index contributed by atoms with van der Waals surface area (Å²) in [6.07, 6.45) is -0.306. The van der Waals surface area contributed by atoms with Gasteiger partial charge in [-0.2, -0.15) is 0 Å². The van der Waals surface area contributed by atoms with E-state index in [1.54, 1.807) is 6.92 Å². The number of rotatable bonds is 4. The molecular formula is C10H14ClNO. The van der Waals surface area contributed by atoms with Crippen LogP contribution in [0.1, 0.15) is 12.5 Å². The van der Waals surface area contributed by atoms with Gasteiger partial charge in [-0.3, -0.25) is 0 Å². The van der Waals surface area contributed by atoms with Gasteiger partial charge in [0.05, 0.1) is 6.10 Å². The molecule has 0 saturated heterocycles. The number of benzene rings is 1. The molecule has 3 heteroatoms. The fraction of sp³-hybridized carbons (Fsp3) is 0.400. The topological polar surface area (TPSA) is 32.3 Å². The molecule has 13 heavy (non-hydrogen) atoms. The molecule has 0 amide bonds. The first-order valence-corrected chi connectivity index (χ1v) is 4.69. The lowest BCUT2D eigenvalue weighted by molar-refractivity contribution is 0.191. The highest BCUT2D eigenvalue weighted by atomic mass is 35.5. The maximum Gasteiger partial charge on any atom is 0.0636 e. The van der Waals surface area contributed by atoms with Crippen LogP contribution >= 0.6 is 11.6 Å². The van der Waals surface area contributed by atoms with Gasteiger partial charge in [-0.05, 0) is 24.6 Å². The van der Waals surface area contributed by atoms with E-state index in [4.69, 9.17) is 16.7 Å². The molecule has 1 unspecified atom stereocenters. The van der Waals surface area contributed by atoms with E-state index in [0.717, 1.165) is 17.1 Å². The Bertz CT molecular complexity index is 263. The Labute approximate surface area is 83.5 Å². The monoisotopic (exact) mass is 199 g/mol. The second-order valence-electron chi connectivity index (χ2n) is 3.11. The van der Waals surface area contributed by atoms with Crippen LogP contribution in [0.4, 0.5) is 0 Å². The van der Waals surface area contributed by atoms with E-state index in [1.807, 2.05) is 24.3 Å². The summed E-state index contributed by atoms with van der Waals surface area (Å²) in [5.41, 5.74) is 1.13. The van der Waals surface area contributed by atoms with Gasteiger partial charge in [-0.1, -0.05) is 23.7 Å². The summed E-state index contributed by atoms with van der Waals surface area (Å²) < 4.78 is 0. The smallest absolute Gasteiger partial charge is 0.0636 e. The van der Waals surface area contributed by atoms with Crippen LogP contribution in [-0.2, 0) is 6.54 Å². The first-order valence-electron chi connectivity index (χ1n) is 4.31. The maximum atomic E-state index is 9.00. The molecule has 0 spiro atoms. The van der Waals surface area contributed by atoms with E-state index in [0.29, 0.717) is 6.54 Å². The normalized spacial score (nSPS) is 12.8. The predicted molar refractivity (Wildman–Crippen MR) is 54.8 cm³/mol. The van der Waals surface area contributed by atoms with Crippen LogP contribution in [0.15, 0.2) is 24.3 Å². The average molecular weight is 200 g/mol.